The van der Waals surface area contributed by atoms with Gasteiger partial charge in [-0.25, -0.2) is 9.48 Å². The summed E-state index contributed by atoms with van der Waals surface area (Å²) < 4.78 is 8.00. The molecule has 0 saturated carbocycles. The van der Waals surface area contributed by atoms with Crippen LogP contribution < -0.4 is 5.56 Å². The molecule has 0 aliphatic heterocycles. The van der Waals surface area contributed by atoms with Crippen molar-refractivity contribution in [3.63, 3.8) is 0 Å². The van der Waals surface area contributed by atoms with Crippen LogP contribution in [-0.2, 0) is 9.53 Å². The van der Waals surface area contributed by atoms with E-state index in [0.717, 1.165) is 10.2 Å². The highest BCUT2D eigenvalue weighted by molar-refractivity contribution is 7.16. The van der Waals surface area contributed by atoms with E-state index in [0.29, 0.717) is 11.3 Å². The van der Waals surface area contributed by atoms with Crippen LogP contribution in [0, 0.1) is 6.92 Å². The number of fused-ring (bicyclic) bond motifs is 3. The van der Waals surface area contributed by atoms with Gasteiger partial charge in [0.25, 0.3) is 5.56 Å². The highest BCUT2D eigenvalue weighted by Gasteiger charge is 2.21. The second-order valence-electron chi connectivity index (χ2n) is 4.77. The van der Waals surface area contributed by atoms with Gasteiger partial charge in [0, 0.05) is 5.39 Å². The molecule has 1 atom stereocenters. The van der Waals surface area contributed by atoms with Gasteiger partial charge >= 0.3 is 5.97 Å². The zero-order chi connectivity index (χ0) is 15.1. The maximum absolute atomic E-state index is 12.6. The average molecular weight is 305 g/mol. The second kappa shape index (κ2) is 5.00. The predicted octanol–water partition coefficient (Wildman–Crippen LogP) is 2.14. The van der Waals surface area contributed by atoms with Crippen molar-refractivity contribution >= 4 is 33.0 Å². The van der Waals surface area contributed by atoms with E-state index in [4.69, 9.17) is 4.74 Å². The normalized spacial score (nSPS) is 12.9. The van der Waals surface area contributed by atoms with E-state index in [-0.39, 0.29) is 12.2 Å². The van der Waals surface area contributed by atoms with Crippen molar-refractivity contribution in [2.75, 3.05) is 6.61 Å². The lowest BCUT2D eigenvalue weighted by Crippen LogP contribution is -2.33. The predicted molar refractivity (Wildman–Crippen MR) is 80.9 cm³/mol. The fraction of sp³-hybridized carbons (Fsp3) is 0.357. The highest BCUT2D eigenvalue weighted by Crippen LogP contribution is 2.24. The Morgan fingerprint density at radius 1 is 1.52 bits per heavy atom. The second-order valence-corrected chi connectivity index (χ2v) is 5.67. The quantitative estimate of drug-likeness (QED) is 0.695. The zero-order valence-electron chi connectivity index (χ0n) is 12.0. The van der Waals surface area contributed by atoms with Crippen molar-refractivity contribution in [2.45, 2.75) is 26.8 Å². The van der Waals surface area contributed by atoms with Crippen molar-refractivity contribution in [1.82, 2.24) is 14.2 Å². The molecule has 6 nitrogen and oxygen atoms in total. The number of aryl methyl sites for hydroxylation is 1. The van der Waals surface area contributed by atoms with Crippen LogP contribution >= 0.6 is 11.3 Å². The van der Waals surface area contributed by atoms with Gasteiger partial charge in [-0.1, -0.05) is 0 Å². The van der Waals surface area contributed by atoms with Crippen LogP contribution in [0.3, 0.4) is 0 Å². The molecule has 3 heterocycles. The Morgan fingerprint density at radius 2 is 2.29 bits per heavy atom. The van der Waals surface area contributed by atoms with E-state index in [9.17, 15) is 9.59 Å². The van der Waals surface area contributed by atoms with Crippen molar-refractivity contribution in [3.05, 3.63) is 33.7 Å². The third kappa shape index (κ3) is 2.04. The molecule has 0 amide bonds. The molecule has 0 N–H and O–H groups in total. The SMILES string of the molecule is CCOC(=O)C(C)n1nc(C)n2c(cc3ccsc32)c1=O. The molecule has 1 unspecified atom stereocenters. The topological polar surface area (TPSA) is 65.6 Å². The number of carbonyl (C=O) groups is 1. The first-order valence-electron chi connectivity index (χ1n) is 6.69. The van der Waals surface area contributed by atoms with E-state index in [1.807, 2.05) is 28.8 Å². The van der Waals surface area contributed by atoms with Crippen molar-refractivity contribution < 1.29 is 9.53 Å². The number of nitrogens with zero attached hydrogens (tertiary/aromatic N) is 3. The molecule has 3 aromatic rings. The Balaban J connectivity index is 2.24. The molecule has 0 radical (unpaired) electrons. The Hall–Kier alpha value is -2.15. The average Bonchev–Trinajstić information content (AvgIpc) is 3.02. The van der Waals surface area contributed by atoms with Crippen LogP contribution in [-0.4, -0.2) is 26.8 Å². The minimum atomic E-state index is -0.742. The number of hydrogen-bond acceptors (Lipinski definition) is 5. The Bertz CT molecular complexity index is 890. The van der Waals surface area contributed by atoms with Crippen LogP contribution in [0.25, 0.3) is 15.7 Å². The van der Waals surface area contributed by atoms with Gasteiger partial charge in [0.15, 0.2) is 6.04 Å². The number of hydrogen-bond donors (Lipinski definition) is 0. The zero-order valence-corrected chi connectivity index (χ0v) is 12.8. The molecule has 3 aromatic heterocycles. The van der Waals surface area contributed by atoms with Gasteiger partial charge in [-0.15, -0.1) is 11.3 Å². The summed E-state index contributed by atoms with van der Waals surface area (Å²) in [6.07, 6.45) is 0. The van der Waals surface area contributed by atoms with Crippen LogP contribution in [0.1, 0.15) is 25.7 Å². The van der Waals surface area contributed by atoms with Gasteiger partial charge in [-0.05, 0) is 38.3 Å². The number of rotatable bonds is 3. The van der Waals surface area contributed by atoms with Gasteiger partial charge in [0.2, 0.25) is 0 Å². The summed E-state index contributed by atoms with van der Waals surface area (Å²) in [6, 6.07) is 3.05. The molecular formula is C14H15N3O3S. The Labute approximate surface area is 124 Å². The molecule has 0 spiro atoms. The summed E-state index contributed by atoms with van der Waals surface area (Å²) in [6.45, 7) is 5.45. The summed E-state index contributed by atoms with van der Waals surface area (Å²) in [7, 11) is 0. The molecule has 110 valence electrons. The van der Waals surface area contributed by atoms with E-state index >= 15 is 0 Å². The maximum atomic E-state index is 12.6. The Kier molecular flexibility index (Phi) is 3.29. The smallest absolute Gasteiger partial charge is 0.330 e. The number of ether oxygens (including phenoxy) is 1. The van der Waals surface area contributed by atoms with Gasteiger partial charge in [0.05, 0.1) is 6.61 Å². The molecule has 0 aromatic carbocycles. The first-order valence-corrected chi connectivity index (χ1v) is 7.57. The lowest BCUT2D eigenvalue weighted by atomic mass is 10.3. The third-order valence-corrected chi connectivity index (χ3v) is 4.32. The minimum Gasteiger partial charge on any atom is -0.464 e. The van der Waals surface area contributed by atoms with Crippen LogP contribution in [0.4, 0.5) is 0 Å². The molecule has 0 fully saturated rings. The maximum Gasteiger partial charge on any atom is 0.330 e. The van der Waals surface area contributed by atoms with Crippen molar-refractivity contribution in [3.8, 4) is 0 Å². The van der Waals surface area contributed by atoms with Gasteiger partial charge in [-0.2, -0.15) is 5.10 Å². The molecule has 3 rings (SSSR count). The molecule has 21 heavy (non-hydrogen) atoms. The molecule has 0 aliphatic rings. The fourth-order valence-corrected chi connectivity index (χ4v) is 3.33. The number of aromatic nitrogens is 3. The van der Waals surface area contributed by atoms with E-state index < -0.39 is 12.0 Å². The van der Waals surface area contributed by atoms with E-state index in [1.165, 1.54) is 4.68 Å². The van der Waals surface area contributed by atoms with E-state index in [2.05, 4.69) is 5.10 Å². The fourth-order valence-electron chi connectivity index (χ4n) is 2.39. The minimum absolute atomic E-state index is 0.278. The standard InChI is InChI=1S/C14H15N3O3S/c1-4-20-14(19)8(2)17-12(18)11-7-10-5-6-21-13(10)16(11)9(3)15-17/h5-8H,4H2,1-3H3. The monoisotopic (exact) mass is 305 g/mol. The highest BCUT2D eigenvalue weighted by atomic mass is 32.1. The molecule has 7 heteroatoms. The molecule has 0 saturated heterocycles. The summed E-state index contributed by atoms with van der Waals surface area (Å²) in [5.74, 6) is 0.211. The van der Waals surface area contributed by atoms with Crippen molar-refractivity contribution in [2.24, 2.45) is 0 Å². The Morgan fingerprint density at radius 3 is 3.00 bits per heavy atom. The summed E-state index contributed by atoms with van der Waals surface area (Å²) in [5, 5.41) is 7.26. The lowest BCUT2D eigenvalue weighted by molar-refractivity contribution is -0.147. The van der Waals surface area contributed by atoms with Crippen LogP contribution in [0.15, 0.2) is 22.3 Å². The van der Waals surface area contributed by atoms with Gasteiger partial charge in [-0.3, -0.25) is 9.20 Å². The van der Waals surface area contributed by atoms with Gasteiger partial charge < -0.3 is 4.74 Å². The van der Waals surface area contributed by atoms with E-state index in [1.54, 1.807) is 25.2 Å². The first kappa shape index (κ1) is 13.8. The summed E-state index contributed by atoms with van der Waals surface area (Å²) in [5.41, 5.74) is 0.241. The lowest BCUT2D eigenvalue weighted by Gasteiger charge is -2.14. The van der Waals surface area contributed by atoms with Crippen molar-refractivity contribution in [1.29, 1.82) is 0 Å². The molecule has 0 bridgehead atoms. The van der Waals surface area contributed by atoms with Crippen LogP contribution in [0.2, 0.25) is 0 Å². The summed E-state index contributed by atoms with van der Waals surface area (Å²) >= 11 is 1.56. The number of thiophene rings is 1. The third-order valence-electron chi connectivity index (χ3n) is 3.41. The number of esters is 1. The molecule has 0 aliphatic carbocycles. The first-order chi connectivity index (χ1) is 10.0. The van der Waals surface area contributed by atoms with Gasteiger partial charge in [0.1, 0.15) is 16.2 Å². The number of carbonyl (C=O) groups excluding carboxylic acids is 1. The van der Waals surface area contributed by atoms with Crippen LogP contribution in [0.5, 0.6) is 0 Å². The summed E-state index contributed by atoms with van der Waals surface area (Å²) in [4.78, 5) is 25.4. The molecular weight excluding hydrogens is 290 g/mol. The largest absolute Gasteiger partial charge is 0.464 e.